The molecular formula is C11H10Cl2N4. The van der Waals surface area contributed by atoms with Gasteiger partial charge >= 0.3 is 0 Å². The van der Waals surface area contributed by atoms with Gasteiger partial charge in [-0.15, -0.1) is 0 Å². The van der Waals surface area contributed by atoms with Crippen molar-refractivity contribution in [3.05, 3.63) is 52.2 Å². The molecule has 2 aromatic rings. The Labute approximate surface area is 109 Å². The maximum absolute atomic E-state index is 6.12. The summed E-state index contributed by atoms with van der Waals surface area (Å²) in [4.78, 5) is 4.19. The van der Waals surface area contributed by atoms with Crippen molar-refractivity contribution in [3.8, 4) is 0 Å². The number of hydrogen-bond donors (Lipinski definition) is 1. The highest BCUT2D eigenvalue weighted by Gasteiger charge is 2.13. The van der Waals surface area contributed by atoms with Crippen molar-refractivity contribution < 1.29 is 0 Å². The van der Waals surface area contributed by atoms with E-state index in [1.165, 1.54) is 6.20 Å². The zero-order valence-electron chi connectivity index (χ0n) is 9.06. The van der Waals surface area contributed by atoms with E-state index in [4.69, 9.17) is 28.9 Å². The molecule has 0 atom stereocenters. The Morgan fingerprint density at radius 1 is 1.41 bits per heavy atom. The highest BCUT2D eigenvalue weighted by molar-refractivity contribution is 6.31. The van der Waals surface area contributed by atoms with Crippen LogP contribution in [0.1, 0.15) is 11.3 Å². The highest BCUT2D eigenvalue weighted by Crippen LogP contribution is 2.27. The number of nitrogens with two attached hydrogens (primary N) is 1. The lowest BCUT2D eigenvalue weighted by molar-refractivity contribution is 0.768. The molecule has 0 saturated carbocycles. The Morgan fingerprint density at radius 3 is 2.71 bits per heavy atom. The topological polar surface area (TPSA) is 56.7 Å². The van der Waals surface area contributed by atoms with Gasteiger partial charge in [0.05, 0.1) is 11.9 Å². The summed E-state index contributed by atoms with van der Waals surface area (Å²) in [6, 6.07) is 5.32. The number of halogens is 2. The molecule has 0 spiro atoms. The van der Waals surface area contributed by atoms with E-state index in [2.05, 4.69) is 10.1 Å². The molecule has 2 rings (SSSR count). The first-order valence-corrected chi connectivity index (χ1v) is 5.61. The van der Waals surface area contributed by atoms with Crippen molar-refractivity contribution in [3.63, 3.8) is 0 Å². The molecule has 2 heterocycles. The molecule has 0 fully saturated rings. The van der Waals surface area contributed by atoms with Crippen LogP contribution in [0.2, 0.25) is 10.3 Å². The number of aromatic nitrogens is 3. The maximum atomic E-state index is 6.12. The van der Waals surface area contributed by atoms with Gasteiger partial charge < -0.3 is 5.73 Å². The van der Waals surface area contributed by atoms with E-state index >= 15 is 0 Å². The van der Waals surface area contributed by atoms with E-state index in [9.17, 15) is 0 Å². The molecule has 0 aromatic carbocycles. The second-order valence-corrected chi connectivity index (χ2v) is 4.14. The molecule has 0 amide bonds. The van der Waals surface area contributed by atoms with Crippen LogP contribution in [0.4, 0.5) is 0 Å². The predicted octanol–water partition coefficient (Wildman–Crippen LogP) is 2.47. The molecule has 0 unspecified atom stereocenters. The SMILES string of the molecule is Cn1ncc(C(=CN)c2cccc(Cl)n2)c1Cl. The fourth-order valence-corrected chi connectivity index (χ4v) is 1.83. The molecule has 88 valence electrons. The van der Waals surface area contributed by atoms with Crippen LogP contribution < -0.4 is 5.73 Å². The number of nitrogens with zero attached hydrogens (tertiary/aromatic N) is 3. The molecule has 0 saturated heterocycles. The van der Waals surface area contributed by atoms with Crippen molar-refractivity contribution in [1.29, 1.82) is 0 Å². The van der Waals surface area contributed by atoms with E-state index in [-0.39, 0.29) is 0 Å². The van der Waals surface area contributed by atoms with Gasteiger partial charge in [-0.3, -0.25) is 4.68 Å². The van der Waals surface area contributed by atoms with Crippen LogP contribution in [-0.2, 0) is 7.05 Å². The fourth-order valence-electron chi connectivity index (χ4n) is 1.47. The van der Waals surface area contributed by atoms with E-state index in [0.717, 1.165) is 5.56 Å². The van der Waals surface area contributed by atoms with Gasteiger partial charge in [-0.05, 0) is 12.1 Å². The molecule has 6 heteroatoms. The number of hydrogen-bond acceptors (Lipinski definition) is 3. The summed E-state index contributed by atoms with van der Waals surface area (Å²) in [7, 11) is 1.76. The lowest BCUT2D eigenvalue weighted by Gasteiger charge is -2.05. The monoisotopic (exact) mass is 268 g/mol. The molecular weight excluding hydrogens is 259 g/mol. The molecule has 0 aliphatic carbocycles. The maximum Gasteiger partial charge on any atom is 0.134 e. The average molecular weight is 269 g/mol. The second-order valence-electron chi connectivity index (χ2n) is 3.40. The smallest absolute Gasteiger partial charge is 0.134 e. The van der Waals surface area contributed by atoms with Crippen molar-refractivity contribution in [1.82, 2.24) is 14.8 Å². The average Bonchev–Trinajstić information content (AvgIpc) is 2.63. The number of aryl methyl sites for hydroxylation is 1. The van der Waals surface area contributed by atoms with Crippen LogP contribution in [0.3, 0.4) is 0 Å². The summed E-state index contributed by atoms with van der Waals surface area (Å²) in [6.45, 7) is 0. The largest absolute Gasteiger partial charge is 0.404 e. The van der Waals surface area contributed by atoms with E-state index in [1.54, 1.807) is 30.1 Å². The minimum Gasteiger partial charge on any atom is -0.404 e. The first kappa shape index (κ1) is 12.0. The molecule has 4 nitrogen and oxygen atoms in total. The summed E-state index contributed by atoms with van der Waals surface area (Å²) in [5.41, 5.74) is 7.71. The Hall–Kier alpha value is -1.52. The minimum absolute atomic E-state index is 0.405. The van der Waals surface area contributed by atoms with Crippen molar-refractivity contribution in [2.24, 2.45) is 12.8 Å². The first-order chi connectivity index (χ1) is 8.13. The van der Waals surface area contributed by atoms with Crippen LogP contribution in [0.15, 0.2) is 30.6 Å². The summed E-state index contributed by atoms with van der Waals surface area (Å²) >= 11 is 12.0. The molecule has 2 aromatic heterocycles. The third kappa shape index (κ3) is 2.28. The predicted molar refractivity (Wildman–Crippen MR) is 68.7 cm³/mol. The quantitative estimate of drug-likeness (QED) is 0.852. The van der Waals surface area contributed by atoms with Crippen molar-refractivity contribution >= 4 is 28.8 Å². The van der Waals surface area contributed by atoms with Crippen LogP contribution >= 0.6 is 23.2 Å². The van der Waals surface area contributed by atoms with E-state index < -0.39 is 0 Å². The van der Waals surface area contributed by atoms with Crippen LogP contribution in [0.25, 0.3) is 5.57 Å². The first-order valence-electron chi connectivity index (χ1n) is 4.86. The second kappa shape index (κ2) is 4.77. The number of pyridine rings is 1. The van der Waals surface area contributed by atoms with E-state index in [1.807, 2.05) is 6.07 Å². The third-order valence-electron chi connectivity index (χ3n) is 2.31. The van der Waals surface area contributed by atoms with Gasteiger partial charge in [0, 0.05) is 24.4 Å². The molecule has 2 N–H and O–H groups in total. The lowest BCUT2D eigenvalue weighted by atomic mass is 10.1. The van der Waals surface area contributed by atoms with Gasteiger partial charge in [-0.2, -0.15) is 5.10 Å². The zero-order chi connectivity index (χ0) is 12.4. The van der Waals surface area contributed by atoms with Gasteiger partial charge in [-0.25, -0.2) is 4.98 Å². The van der Waals surface area contributed by atoms with Crippen molar-refractivity contribution in [2.75, 3.05) is 0 Å². The van der Waals surface area contributed by atoms with Crippen molar-refractivity contribution in [2.45, 2.75) is 0 Å². The Balaban J connectivity index is 2.52. The molecule has 0 aliphatic rings. The zero-order valence-corrected chi connectivity index (χ0v) is 10.6. The molecule has 0 radical (unpaired) electrons. The number of rotatable bonds is 2. The van der Waals surface area contributed by atoms with Gasteiger partial charge in [0.15, 0.2) is 0 Å². The summed E-state index contributed by atoms with van der Waals surface area (Å²) < 4.78 is 1.56. The Kier molecular flexibility index (Phi) is 3.36. The van der Waals surface area contributed by atoms with Gasteiger partial charge in [-0.1, -0.05) is 29.3 Å². The Morgan fingerprint density at radius 2 is 2.18 bits per heavy atom. The summed E-state index contributed by atoms with van der Waals surface area (Å²) in [5.74, 6) is 0. The highest BCUT2D eigenvalue weighted by atomic mass is 35.5. The summed E-state index contributed by atoms with van der Waals surface area (Å²) in [5, 5.41) is 4.97. The fraction of sp³-hybridized carbons (Fsp3) is 0.0909. The third-order valence-corrected chi connectivity index (χ3v) is 2.97. The van der Waals surface area contributed by atoms with Crippen LogP contribution in [0, 0.1) is 0 Å². The Bertz CT molecular complexity index is 575. The standard InChI is InChI=1S/C11H10Cl2N4/c1-17-11(13)8(6-15-17)7(5-14)9-3-2-4-10(12)16-9/h2-6H,14H2,1H3. The molecule has 0 aliphatic heterocycles. The minimum atomic E-state index is 0.405. The lowest BCUT2D eigenvalue weighted by Crippen LogP contribution is -1.96. The van der Waals surface area contributed by atoms with Gasteiger partial charge in [0.1, 0.15) is 10.3 Å². The van der Waals surface area contributed by atoms with Crippen LogP contribution in [0.5, 0.6) is 0 Å². The van der Waals surface area contributed by atoms with Gasteiger partial charge in [0.2, 0.25) is 0 Å². The van der Waals surface area contributed by atoms with Crippen LogP contribution in [-0.4, -0.2) is 14.8 Å². The molecule has 17 heavy (non-hydrogen) atoms. The molecule has 0 bridgehead atoms. The van der Waals surface area contributed by atoms with Gasteiger partial charge in [0.25, 0.3) is 0 Å². The normalized spacial score (nSPS) is 11.8. The summed E-state index contributed by atoms with van der Waals surface area (Å²) in [6.07, 6.45) is 3.09. The van der Waals surface area contributed by atoms with E-state index in [0.29, 0.717) is 21.6 Å².